The molecule has 1 aromatic heterocycles. The predicted molar refractivity (Wildman–Crippen MR) is 95.9 cm³/mol. The van der Waals surface area contributed by atoms with Crippen molar-refractivity contribution >= 4 is 29.1 Å². The second-order valence-electron chi connectivity index (χ2n) is 5.84. The van der Waals surface area contributed by atoms with Crippen LogP contribution in [0.3, 0.4) is 0 Å². The van der Waals surface area contributed by atoms with Crippen molar-refractivity contribution in [1.29, 1.82) is 0 Å². The zero-order chi connectivity index (χ0) is 20.2. The summed E-state index contributed by atoms with van der Waals surface area (Å²) in [4.78, 5) is 28.4. The molecule has 1 aromatic carbocycles. The van der Waals surface area contributed by atoms with Gasteiger partial charge in [0.1, 0.15) is 11.4 Å². The Morgan fingerprint density at radius 2 is 1.78 bits per heavy atom. The van der Waals surface area contributed by atoms with E-state index in [1.807, 2.05) is 13.8 Å². The molecule has 0 aliphatic heterocycles. The van der Waals surface area contributed by atoms with E-state index in [2.05, 4.69) is 15.6 Å². The minimum absolute atomic E-state index is 0.0371. The van der Waals surface area contributed by atoms with Crippen LogP contribution in [0, 0.1) is 0 Å². The predicted octanol–water partition coefficient (Wildman–Crippen LogP) is 4.53. The van der Waals surface area contributed by atoms with Crippen LogP contribution in [-0.2, 0) is 6.18 Å². The number of rotatable bonds is 5. The molecule has 9 heteroatoms. The SMILES string of the molecule is CCC(C)NC(=O)c1cccc(C(=O)Nc2ccc(Cl)c(C(F)(F)F)c2)n1. The third kappa shape index (κ3) is 5.43. The molecule has 2 amide bonds. The van der Waals surface area contributed by atoms with Crippen LogP contribution in [0.4, 0.5) is 18.9 Å². The van der Waals surface area contributed by atoms with Crippen molar-refractivity contribution in [1.82, 2.24) is 10.3 Å². The molecule has 1 unspecified atom stereocenters. The molecule has 0 spiro atoms. The lowest BCUT2D eigenvalue weighted by Gasteiger charge is -2.12. The number of aromatic nitrogens is 1. The Morgan fingerprint density at radius 1 is 1.15 bits per heavy atom. The molecule has 2 aromatic rings. The summed E-state index contributed by atoms with van der Waals surface area (Å²) in [6.45, 7) is 3.73. The van der Waals surface area contributed by atoms with Gasteiger partial charge in [0.2, 0.25) is 0 Å². The highest BCUT2D eigenvalue weighted by Gasteiger charge is 2.33. The molecule has 5 nitrogen and oxygen atoms in total. The molecule has 27 heavy (non-hydrogen) atoms. The summed E-state index contributed by atoms with van der Waals surface area (Å²) in [5.41, 5.74) is -1.21. The molecule has 2 rings (SSSR count). The first kappa shape index (κ1) is 20.7. The van der Waals surface area contributed by atoms with Crippen molar-refractivity contribution in [3.05, 3.63) is 58.4 Å². The summed E-state index contributed by atoms with van der Waals surface area (Å²) in [5, 5.41) is 4.57. The summed E-state index contributed by atoms with van der Waals surface area (Å²) in [5.74, 6) is -1.19. The van der Waals surface area contributed by atoms with Crippen LogP contribution in [0.2, 0.25) is 5.02 Å². The molecule has 1 heterocycles. The molecule has 0 saturated carbocycles. The van der Waals surface area contributed by atoms with Crippen LogP contribution in [0.15, 0.2) is 36.4 Å². The number of nitrogens with one attached hydrogen (secondary N) is 2. The Kier molecular flexibility index (Phi) is 6.43. The Morgan fingerprint density at radius 3 is 2.37 bits per heavy atom. The van der Waals surface area contributed by atoms with Gasteiger partial charge in [-0.3, -0.25) is 9.59 Å². The van der Waals surface area contributed by atoms with E-state index in [4.69, 9.17) is 11.6 Å². The highest BCUT2D eigenvalue weighted by atomic mass is 35.5. The van der Waals surface area contributed by atoms with Gasteiger partial charge in [-0.2, -0.15) is 13.2 Å². The first-order chi connectivity index (χ1) is 12.6. The van der Waals surface area contributed by atoms with Gasteiger partial charge < -0.3 is 10.6 Å². The number of carbonyl (C=O) groups excluding carboxylic acids is 2. The van der Waals surface area contributed by atoms with Gasteiger partial charge >= 0.3 is 6.18 Å². The van der Waals surface area contributed by atoms with Gasteiger partial charge in [-0.25, -0.2) is 4.98 Å². The number of carbonyl (C=O) groups is 2. The number of hydrogen-bond donors (Lipinski definition) is 2. The lowest BCUT2D eigenvalue weighted by atomic mass is 10.2. The Bertz CT molecular complexity index is 856. The van der Waals surface area contributed by atoms with Crippen LogP contribution < -0.4 is 10.6 Å². The van der Waals surface area contributed by atoms with Crippen LogP contribution in [-0.4, -0.2) is 22.8 Å². The summed E-state index contributed by atoms with van der Waals surface area (Å²) in [6, 6.07) is 7.23. The van der Waals surface area contributed by atoms with E-state index in [0.29, 0.717) is 0 Å². The first-order valence-electron chi connectivity index (χ1n) is 8.07. The third-order valence-electron chi connectivity index (χ3n) is 3.73. The number of benzene rings is 1. The van der Waals surface area contributed by atoms with Crippen molar-refractivity contribution in [3.63, 3.8) is 0 Å². The van der Waals surface area contributed by atoms with Gasteiger partial charge in [0.25, 0.3) is 11.8 Å². The number of alkyl halides is 3. The first-order valence-corrected chi connectivity index (χ1v) is 8.45. The van der Waals surface area contributed by atoms with E-state index in [1.165, 1.54) is 24.3 Å². The van der Waals surface area contributed by atoms with Gasteiger partial charge in [0.15, 0.2) is 0 Å². The minimum Gasteiger partial charge on any atom is -0.348 e. The molecule has 0 aliphatic rings. The maximum atomic E-state index is 12.9. The summed E-state index contributed by atoms with van der Waals surface area (Å²) in [7, 11) is 0. The Labute approximate surface area is 158 Å². The molecule has 0 radical (unpaired) electrons. The van der Waals surface area contributed by atoms with Gasteiger partial charge in [-0.15, -0.1) is 0 Å². The Hall–Kier alpha value is -2.61. The monoisotopic (exact) mass is 399 g/mol. The molecule has 0 saturated heterocycles. The van der Waals surface area contributed by atoms with Crippen molar-refractivity contribution in [3.8, 4) is 0 Å². The smallest absolute Gasteiger partial charge is 0.348 e. The number of halogens is 4. The van der Waals surface area contributed by atoms with Crippen LogP contribution in [0.25, 0.3) is 0 Å². The molecular formula is C18H17ClF3N3O2. The number of anilines is 1. The summed E-state index contributed by atoms with van der Waals surface area (Å²) in [6.07, 6.45) is -3.92. The van der Waals surface area contributed by atoms with Crippen molar-refractivity contribution in [2.24, 2.45) is 0 Å². The molecule has 0 aliphatic carbocycles. The van der Waals surface area contributed by atoms with E-state index in [-0.39, 0.29) is 23.1 Å². The number of hydrogen-bond acceptors (Lipinski definition) is 3. The largest absolute Gasteiger partial charge is 0.417 e. The fourth-order valence-corrected chi connectivity index (χ4v) is 2.33. The topological polar surface area (TPSA) is 71.1 Å². The maximum Gasteiger partial charge on any atom is 0.417 e. The number of amides is 2. The van der Waals surface area contributed by atoms with Crippen LogP contribution in [0.1, 0.15) is 46.8 Å². The quantitative estimate of drug-likeness (QED) is 0.775. The second kappa shape index (κ2) is 8.39. The minimum atomic E-state index is -4.65. The van der Waals surface area contributed by atoms with Gasteiger partial charge in [-0.05, 0) is 43.7 Å². The van der Waals surface area contributed by atoms with Crippen molar-refractivity contribution < 1.29 is 22.8 Å². The molecule has 0 bridgehead atoms. The summed E-state index contributed by atoms with van der Waals surface area (Å²) >= 11 is 5.55. The lowest BCUT2D eigenvalue weighted by Crippen LogP contribution is -2.32. The van der Waals surface area contributed by atoms with Gasteiger partial charge in [-0.1, -0.05) is 24.6 Å². The normalized spacial score (nSPS) is 12.4. The average molecular weight is 400 g/mol. The number of nitrogens with zero attached hydrogens (tertiary/aromatic N) is 1. The third-order valence-corrected chi connectivity index (χ3v) is 4.06. The second-order valence-corrected chi connectivity index (χ2v) is 6.24. The maximum absolute atomic E-state index is 12.9. The average Bonchev–Trinajstić information content (AvgIpc) is 2.62. The van der Waals surface area contributed by atoms with Crippen molar-refractivity contribution in [2.45, 2.75) is 32.5 Å². The van der Waals surface area contributed by atoms with E-state index >= 15 is 0 Å². The van der Waals surface area contributed by atoms with E-state index in [9.17, 15) is 22.8 Å². The van der Waals surface area contributed by atoms with Crippen molar-refractivity contribution in [2.75, 3.05) is 5.32 Å². The zero-order valence-electron chi connectivity index (χ0n) is 14.5. The highest BCUT2D eigenvalue weighted by Crippen LogP contribution is 2.36. The Balaban J connectivity index is 2.20. The van der Waals surface area contributed by atoms with Crippen LogP contribution in [0.5, 0.6) is 0 Å². The fraction of sp³-hybridized carbons (Fsp3) is 0.278. The molecular weight excluding hydrogens is 383 g/mol. The number of pyridine rings is 1. The van der Waals surface area contributed by atoms with Crippen LogP contribution >= 0.6 is 11.6 Å². The van der Waals surface area contributed by atoms with Gasteiger partial charge in [0.05, 0.1) is 10.6 Å². The van der Waals surface area contributed by atoms with E-state index in [1.54, 1.807) is 0 Å². The molecule has 2 N–H and O–H groups in total. The van der Waals surface area contributed by atoms with E-state index in [0.717, 1.165) is 18.6 Å². The molecule has 0 fully saturated rings. The molecule has 1 atom stereocenters. The summed E-state index contributed by atoms with van der Waals surface area (Å²) < 4.78 is 38.7. The molecule has 144 valence electrons. The zero-order valence-corrected chi connectivity index (χ0v) is 15.3. The van der Waals surface area contributed by atoms with E-state index < -0.39 is 28.6 Å². The standard InChI is InChI=1S/C18H17ClF3N3O2/c1-3-10(2)23-16(26)14-5-4-6-15(25-14)17(27)24-11-7-8-13(19)12(9-11)18(20,21)22/h4-10H,3H2,1-2H3,(H,23,26)(H,24,27). The highest BCUT2D eigenvalue weighted by molar-refractivity contribution is 6.31. The van der Waals surface area contributed by atoms with Gasteiger partial charge in [0, 0.05) is 11.7 Å². The fourth-order valence-electron chi connectivity index (χ4n) is 2.10. The lowest BCUT2D eigenvalue weighted by molar-refractivity contribution is -0.137.